The van der Waals surface area contributed by atoms with Gasteiger partial charge in [-0.05, 0) is 25.0 Å². The van der Waals surface area contributed by atoms with Crippen molar-refractivity contribution in [3.05, 3.63) is 42.2 Å². The highest BCUT2D eigenvalue weighted by Gasteiger charge is 2.23. The highest BCUT2D eigenvalue weighted by molar-refractivity contribution is 14.0. The van der Waals surface area contributed by atoms with Crippen molar-refractivity contribution in [1.82, 2.24) is 20.3 Å². The van der Waals surface area contributed by atoms with Crippen LogP contribution in [0.3, 0.4) is 0 Å². The second-order valence-corrected chi connectivity index (χ2v) is 7.41. The number of hydrogen-bond donors (Lipinski definition) is 1. The zero-order valence-electron chi connectivity index (χ0n) is 16.3. The number of nitrogens with zero attached hydrogens (tertiary/aromatic N) is 4. The minimum absolute atomic E-state index is 0. The van der Waals surface area contributed by atoms with Gasteiger partial charge in [-0.3, -0.25) is 9.89 Å². The Morgan fingerprint density at radius 3 is 2.64 bits per heavy atom. The number of aromatic nitrogens is 1. The molecule has 2 aliphatic rings. The minimum Gasteiger partial charge on any atom is -0.469 e. The molecule has 2 aromatic rings. The minimum atomic E-state index is 0. The van der Waals surface area contributed by atoms with Crippen LogP contribution in [0.15, 0.2) is 44.7 Å². The van der Waals surface area contributed by atoms with Gasteiger partial charge in [0.05, 0.1) is 12.0 Å². The summed E-state index contributed by atoms with van der Waals surface area (Å²) >= 11 is 0. The van der Waals surface area contributed by atoms with Gasteiger partial charge in [0.15, 0.2) is 5.96 Å². The molecule has 1 aliphatic heterocycles. The summed E-state index contributed by atoms with van der Waals surface area (Å²) in [5.74, 6) is 2.06. The summed E-state index contributed by atoms with van der Waals surface area (Å²) in [6, 6.07) is 6.46. The third kappa shape index (κ3) is 5.97. The molecule has 1 N–H and O–H groups in total. The van der Waals surface area contributed by atoms with Crippen molar-refractivity contribution >= 4 is 29.9 Å². The lowest BCUT2D eigenvalue weighted by Gasteiger charge is -2.37. The number of nitrogens with one attached hydrogen (secondary N) is 1. The molecule has 28 heavy (non-hydrogen) atoms. The molecule has 1 saturated heterocycles. The normalized spacial score (nSPS) is 19.0. The molecule has 2 aromatic heterocycles. The molecule has 0 radical (unpaired) electrons. The fourth-order valence-electron chi connectivity index (χ4n) is 3.88. The van der Waals surface area contributed by atoms with Gasteiger partial charge in [-0.2, -0.15) is 0 Å². The van der Waals surface area contributed by atoms with Crippen molar-refractivity contribution in [2.75, 3.05) is 32.7 Å². The Labute approximate surface area is 183 Å². The fourth-order valence-corrected chi connectivity index (χ4v) is 3.88. The molecule has 7 nitrogen and oxygen atoms in total. The number of furan rings is 1. The molecular weight excluding hydrogens is 469 g/mol. The Kier molecular flexibility index (Phi) is 8.20. The summed E-state index contributed by atoms with van der Waals surface area (Å²) in [7, 11) is 0. The smallest absolute Gasteiger partial charge is 0.194 e. The summed E-state index contributed by atoms with van der Waals surface area (Å²) in [5.41, 5.74) is 1.000. The van der Waals surface area contributed by atoms with Crippen molar-refractivity contribution < 1.29 is 8.94 Å². The van der Waals surface area contributed by atoms with Crippen LogP contribution in [-0.4, -0.2) is 59.7 Å². The van der Waals surface area contributed by atoms with Crippen molar-refractivity contribution in [2.45, 2.75) is 44.7 Å². The molecule has 0 bridgehead atoms. The quantitative estimate of drug-likeness (QED) is 0.374. The van der Waals surface area contributed by atoms with E-state index in [4.69, 9.17) is 13.9 Å². The Balaban J connectivity index is 0.00000225. The molecule has 0 spiro atoms. The van der Waals surface area contributed by atoms with Gasteiger partial charge in [0.2, 0.25) is 0 Å². The van der Waals surface area contributed by atoms with E-state index in [-0.39, 0.29) is 24.0 Å². The summed E-state index contributed by atoms with van der Waals surface area (Å²) in [6.45, 7) is 5.59. The Morgan fingerprint density at radius 1 is 1.14 bits per heavy atom. The van der Waals surface area contributed by atoms with Crippen LogP contribution >= 0.6 is 24.0 Å². The lowest BCUT2D eigenvalue weighted by molar-refractivity contribution is 0.168. The molecule has 0 atom stereocenters. The van der Waals surface area contributed by atoms with E-state index in [2.05, 4.69) is 20.3 Å². The van der Waals surface area contributed by atoms with Gasteiger partial charge in [-0.15, -0.1) is 24.0 Å². The molecule has 1 saturated carbocycles. The van der Waals surface area contributed by atoms with Gasteiger partial charge in [0, 0.05) is 57.8 Å². The summed E-state index contributed by atoms with van der Waals surface area (Å²) in [5, 5.41) is 7.75. The van der Waals surface area contributed by atoms with E-state index < -0.39 is 0 Å². The number of piperazine rings is 1. The Hall–Kier alpha value is -1.55. The predicted octanol–water partition coefficient (Wildman–Crippen LogP) is 3.13. The molecule has 2 fully saturated rings. The maximum Gasteiger partial charge on any atom is 0.194 e. The van der Waals surface area contributed by atoms with Crippen molar-refractivity contribution in [3.63, 3.8) is 0 Å². The average molecular weight is 499 g/mol. The van der Waals surface area contributed by atoms with E-state index in [0.29, 0.717) is 6.04 Å². The van der Waals surface area contributed by atoms with Gasteiger partial charge in [-0.1, -0.05) is 18.0 Å². The highest BCUT2D eigenvalue weighted by Crippen LogP contribution is 2.18. The molecule has 3 heterocycles. The monoisotopic (exact) mass is 499 g/mol. The molecule has 0 aromatic carbocycles. The lowest BCUT2D eigenvalue weighted by Crippen LogP contribution is -2.53. The van der Waals surface area contributed by atoms with Crippen LogP contribution in [0.2, 0.25) is 0 Å². The largest absolute Gasteiger partial charge is 0.469 e. The fraction of sp³-hybridized carbons (Fsp3) is 0.600. The SMILES string of the molecule is I.c1coc(CCN=C(NC2CCCC2)N2CCN(Cc3ccon3)CC2)c1. The van der Waals surface area contributed by atoms with E-state index >= 15 is 0 Å². The highest BCUT2D eigenvalue weighted by atomic mass is 127. The Bertz CT molecular complexity index is 690. The van der Waals surface area contributed by atoms with Crippen LogP contribution in [0.1, 0.15) is 37.1 Å². The van der Waals surface area contributed by atoms with Gasteiger partial charge >= 0.3 is 0 Å². The second kappa shape index (κ2) is 10.8. The zero-order chi connectivity index (χ0) is 18.3. The summed E-state index contributed by atoms with van der Waals surface area (Å²) in [6.07, 6.45) is 9.36. The maximum atomic E-state index is 5.43. The van der Waals surface area contributed by atoms with Crippen LogP contribution in [0.4, 0.5) is 0 Å². The van der Waals surface area contributed by atoms with Gasteiger partial charge in [0.25, 0.3) is 0 Å². The number of hydrogen-bond acceptors (Lipinski definition) is 5. The first kappa shape index (κ1) is 21.2. The van der Waals surface area contributed by atoms with E-state index in [1.165, 1.54) is 25.7 Å². The Morgan fingerprint density at radius 2 is 1.96 bits per heavy atom. The number of rotatable bonds is 6. The second-order valence-electron chi connectivity index (χ2n) is 7.41. The van der Waals surface area contributed by atoms with Crippen LogP contribution in [-0.2, 0) is 13.0 Å². The topological polar surface area (TPSA) is 70.0 Å². The van der Waals surface area contributed by atoms with Gasteiger partial charge in [0.1, 0.15) is 12.0 Å². The molecule has 0 amide bonds. The molecule has 8 heteroatoms. The molecular formula is C20H30IN5O2. The first-order valence-corrected chi connectivity index (χ1v) is 10.1. The molecule has 154 valence electrons. The molecule has 1 aliphatic carbocycles. The third-order valence-electron chi connectivity index (χ3n) is 5.44. The summed E-state index contributed by atoms with van der Waals surface area (Å²) in [4.78, 5) is 9.74. The van der Waals surface area contributed by atoms with Crippen LogP contribution in [0.25, 0.3) is 0 Å². The first-order chi connectivity index (χ1) is 13.4. The standard InChI is InChI=1S/C20H29N5O2.HI/c1-2-5-17(4-1)22-20(21-9-7-19-6-3-14-26-19)25-12-10-24(11-13-25)16-18-8-15-27-23-18;/h3,6,8,14-15,17H,1-2,4-5,7,9-13,16H2,(H,21,22);1H. The van der Waals surface area contributed by atoms with Crippen LogP contribution in [0, 0.1) is 0 Å². The number of guanidine groups is 1. The van der Waals surface area contributed by atoms with Crippen molar-refractivity contribution in [3.8, 4) is 0 Å². The summed E-state index contributed by atoms with van der Waals surface area (Å²) < 4.78 is 10.4. The third-order valence-corrected chi connectivity index (χ3v) is 5.44. The van der Waals surface area contributed by atoms with Crippen molar-refractivity contribution in [2.24, 2.45) is 4.99 Å². The van der Waals surface area contributed by atoms with Gasteiger partial charge < -0.3 is 19.2 Å². The number of aliphatic imine (C=N–C) groups is 1. The molecule has 4 rings (SSSR count). The van der Waals surface area contributed by atoms with E-state index in [9.17, 15) is 0 Å². The number of halogens is 1. The maximum absolute atomic E-state index is 5.43. The zero-order valence-corrected chi connectivity index (χ0v) is 18.6. The van der Waals surface area contributed by atoms with E-state index in [1.54, 1.807) is 12.5 Å². The van der Waals surface area contributed by atoms with Crippen molar-refractivity contribution in [1.29, 1.82) is 0 Å². The first-order valence-electron chi connectivity index (χ1n) is 10.1. The van der Waals surface area contributed by atoms with E-state index in [0.717, 1.165) is 63.1 Å². The van der Waals surface area contributed by atoms with E-state index in [1.807, 2.05) is 18.2 Å². The average Bonchev–Trinajstić information content (AvgIpc) is 3.46. The van der Waals surface area contributed by atoms with Crippen LogP contribution in [0.5, 0.6) is 0 Å². The lowest BCUT2D eigenvalue weighted by atomic mass is 10.2. The van der Waals surface area contributed by atoms with Gasteiger partial charge in [-0.25, -0.2) is 0 Å². The van der Waals surface area contributed by atoms with Crippen LogP contribution < -0.4 is 5.32 Å². The molecule has 0 unspecified atom stereocenters. The predicted molar refractivity (Wildman–Crippen MR) is 119 cm³/mol.